The van der Waals surface area contributed by atoms with Crippen LogP contribution in [0.15, 0.2) is 28.1 Å². The zero-order valence-corrected chi connectivity index (χ0v) is 11.6. The van der Waals surface area contributed by atoms with Crippen LogP contribution in [0.1, 0.15) is 24.2 Å². The van der Waals surface area contributed by atoms with Gasteiger partial charge in [0.1, 0.15) is 5.82 Å². The second kappa shape index (κ2) is 5.66. The highest BCUT2D eigenvalue weighted by atomic mass is 79.9. The molecule has 1 atom stereocenters. The van der Waals surface area contributed by atoms with Gasteiger partial charge in [-0.25, -0.2) is 4.39 Å². The van der Waals surface area contributed by atoms with Gasteiger partial charge in [0.15, 0.2) is 0 Å². The molecule has 1 N–H and O–H groups in total. The number of nitrogens with zero attached hydrogens (tertiary/aromatic N) is 2. The molecule has 6 heteroatoms. The van der Waals surface area contributed by atoms with Crippen LogP contribution in [0.5, 0.6) is 0 Å². The van der Waals surface area contributed by atoms with Gasteiger partial charge in [-0.3, -0.25) is 0 Å². The molecular formula is C11H11BrFN3S. The minimum atomic E-state index is -0.253. The summed E-state index contributed by atoms with van der Waals surface area (Å²) in [6.45, 7) is 2.71. The van der Waals surface area contributed by atoms with E-state index in [0.717, 1.165) is 16.7 Å². The lowest BCUT2D eigenvalue weighted by Gasteiger charge is -2.16. The van der Waals surface area contributed by atoms with Crippen LogP contribution in [0.25, 0.3) is 0 Å². The molecule has 0 aliphatic carbocycles. The Hall–Kier alpha value is -0.850. The predicted octanol–water partition coefficient (Wildman–Crippen LogP) is 3.14. The van der Waals surface area contributed by atoms with Gasteiger partial charge in [-0.15, -0.1) is 5.10 Å². The van der Waals surface area contributed by atoms with Gasteiger partial charge in [0, 0.05) is 15.4 Å². The zero-order chi connectivity index (χ0) is 12.3. The van der Waals surface area contributed by atoms with Gasteiger partial charge < -0.3 is 5.32 Å². The molecule has 2 rings (SSSR count). The fourth-order valence-electron chi connectivity index (χ4n) is 1.61. The van der Waals surface area contributed by atoms with E-state index >= 15 is 0 Å². The standard InChI is InChI=1S/C11H11BrFN3S/c1-2-14-11(10-6-17-16-15-10)8-5-7(12)3-4-9(8)13/h3-6,11,14H,2H2,1H3. The Bertz CT molecular complexity index is 489. The van der Waals surface area contributed by atoms with Gasteiger partial charge in [-0.05, 0) is 36.3 Å². The quantitative estimate of drug-likeness (QED) is 0.942. The van der Waals surface area contributed by atoms with E-state index in [-0.39, 0.29) is 11.9 Å². The third-order valence-electron chi connectivity index (χ3n) is 2.35. The molecule has 0 spiro atoms. The van der Waals surface area contributed by atoms with Gasteiger partial charge in [0.05, 0.1) is 11.7 Å². The molecule has 0 saturated carbocycles. The number of aromatic nitrogens is 2. The monoisotopic (exact) mass is 315 g/mol. The first-order chi connectivity index (χ1) is 8.22. The highest BCUT2D eigenvalue weighted by Gasteiger charge is 2.19. The first-order valence-electron chi connectivity index (χ1n) is 5.17. The maximum absolute atomic E-state index is 13.8. The van der Waals surface area contributed by atoms with Crippen molar-refractivity contribution in [2.45, 2.75) is 13.0 Å². The number of nitrogens with one attached hydrogen (secondary N) is 1. The molecule has 2 aromatic rings. The van der Waals surface area contributed by atoms with E-state index in [9.17, 15) is 4.39 Å². The lowest BCUT2D eigenvalue weighted by atomic mass is 10.0. The summed E-state index contributed by atoms with van der Waals surface area (Å²) in [5, 5.41) is 9.05. The fraction of sp³-hybridized carbons (Fsp3) is 0.273. The van der Waals surface area contributed by atoms with Crippen molar-refractivity contribution >= 4 is 27.5 Å². The number of halogens is 2. The first-order valence-corrected chi connectivity index (χ1v) is 6.80. The molecule has 0 amide bonds. The molecule has 0 bridgehead atoms. The summed E-state index contributed by atoms with van der Waals surface area (Å²) in [5.41, 5.74) is 1.32. The van der Waals surface area contributed by atoms with Crippen LogP contribution in [0.4, 0.5) is 4.39 Å². The summed E-state index contributed by atoms with van der Waals surface area (Å²) in [5.74, 6) is -0.243. The molecule has 1 aromatic carbocycles. The summed E-state index contributed by atoms with van der Waals surface area (Å²) in [7, 11) is 0. The maximum atomic E-state index is 13.8. The first kappa shape index (κ1) is 12.6. The van der Waals surface area contributed by atoms with Gasteiger partial charge in [-0.2, -0.15) is 0 Å². The number of benzene rings is 1. The van der Waals surface area contributed by atoms with E-state index in [1.54, 1.807) is 12.1 Å². The Kier molecular flexibility index (Phi) is 4.20. The van der Waals surface area contributed by atoms with Crippen LogP contribution in [0, 0.1) is 5.82 Å². The third kappa shape index (κ3) is 2.88. The average Bonchev–Trinajstić information content (AvgIpc) is 2.83. The van der Waals surface area contributed by atoms with Gasteiger partial charge in [0.2, 0.25) is 0 Å². The summed E-state index contributed by atoms with van der Waals surface area (Å²) >= 11 is 4.61. The largest absolute Gasteiger partial charge is 0.305 e. The van der Waals surface area contributed by atoms with Crippen LogP contribution >= 0.6 is 27.5 Å². The van der Waals surface area contributed by atoms with Crippen LogP contribution in [-0.4, -0.2) is 16.1 Å². The van der Waals surface area contributed by atoms with E-state index < -0.39 is 0 Å². The van der Waals surface area contributed by atoms with E-state index in [1.165, 1.54) is 17.6 Å². The lowest BCUT2D eigenvalue weighted by Crippen LogP contribution is -2.23. The van der Waals surface area contributed by atoms with Gasteiger partial charge >= 0.3 is 0 Å². The molecule has 0 radical (unpaired) electrons. The molecule has 0 aliphatic rings. The molecule has 17 heavy (non-hydrogen) atoms. The van der Waals surface area contributed by atoms with E-state index in [1.807, 2.05) is 12.3 Å². The molecule has 1 heterocycles. The van der Waals surface area contributed by atoms with Gasteiger partial charge in [0.25, 0.3) is 0 Å². The molecule has 3 nitrogen and oxygen atoms in total. The summed E-state index contributed by atoms with van der Waals surface area (Å²) < 4.78 is 18.5. The number of rotatable bonds is 4. The van der Waals surface area contributed by atoms with Crippen molar-refractivity contribution in [1.82, 2.24) is 14.9 Å². The van der Waals surface area contributed by atoms with E-state index in [0.29, 0.717) is 5.56 Å². The van der Waals surface area contributed by atoms with Gasteiger partial charge in [-0.1, -0.05) is 27.3 Å². The highest BCUT2D eigenvalue weighted by Crippen LogP contribution is 2.26. The van der Waals surface area contributed by atoms with Crippen LogP contribution < -0.4 is 5.32 Å². The van der Waals surface area contributed by atoms with Crippen LogP contribution in [0.2, 0.25) is 0 Å². The normalized spacial score (nSPS) is 12.6. The van der Waals surface area contributed by atoms with Crippen molar-refractivity contribution in [3.05, 3.63) is 45.1 Å². The average molecular weight is 316 g/mol. The minimum Gasteiger partial charge on any atom is -0.305 e. The predicted molar refractivity (Wildman–Crippen MR) is 69.5 cm³/mol. The third-order valence-corrected chi connectivity index (χ3v) is 3.37. The minimum absolute atomic E-state index is 0.243. The molecule has 0 fully saturated rings. The summed E-state index contributed by atoms with van der Waals surface area (Å²) in [6.07, 6.45) is 0. The van der Waals surface area contributed by atoms with Crippen molar-refractivity contribution < 1.29 is 4.39 Å². The molecular weight excluding hydrogens is 305 g/mol. The molecule has 0 aliphatic heterocycles. The molecule has 1 unspecified atom stereocenters. The summed E-state index contributed by atoms with van der Waals surface area (Å²) in [4.78, 5) is 0. The van der Waals surface area contributed by atoms with Crippen LogP contribution in [0.3, 0.4) is 0 Å². The van der Waals surface area contributed by atoms with Crippen molar-refractivity contribution in [2.75, 3.05) is 6.54 Å². The number of hydrogen-bond acceptors (Lipinski definition) is 4. The van der Waals surface area contributed by atoms with Crippen molar-refractivity contribution in [1.29, 1.82) is 0 Å². The zero-order valence-electron chi connectivity index (χ0n) is 9.15. The molecule has 90 valence electrons. The van der Waals surface area contributed by atoms with Crippen molar-refractivity contribution in [3.63, 3.8) is 0 Å². The number of hydrogen-bond donors (Lipinski definition) is 1. The van der Waals surface area contributed by atoms with Crippen molar-refractivity contribution in [2.24, 2.45) is 0 Å². The molecule has 1 aromatic heterocycles. The van der Waals surface area contributed by atoms with E-state index in [2.05, 4.69) is 30.8 Å². The fourth-order valence-corrected chi connectivity index (χ4v) is 2.47. The smallest absolute Gasteiger partial charge is 0.128 e. The van der Waals surface area contributed by atoms with Crippen LogP contribution in [-0.2, 0) is 0 Å². The maximum Gasteiger partial charge on any atom is 0.128 e. The highest BCUT2D eigenvalue weighted by molar-refractivity contribution is 9.10. The Morgan fingerprint density at radius 3 is 3.00 bits per heavy atom. The Labute approximate surface area is 111 Å². The summed E-state index contributed by atoms with van der Waals surface area (Å²) in [6, 6.07) is 4.64. The Balaban J connectivity index is 2.42. The Morgan fingerprint density at radius 2 is 2.35 bits per heavy atom. The molecule has 0 saturated heterocycles. The second-order valence-electron chi connectivity index (χ2n) is 3.49. The SMILES string of the molecule is CCNC(c1csnn1)c1cc(Br)ccc1F. The second-order valence-corrected chi connectivity index (χ2v) is 5.01. The van der Waals surface area contributed by atoms with E-state index in [4.69, 9.17) is 0 Å². The Morgan fingerprint density at radius 1 is 1.53 bits per heavy atom. The van der Waals surface area contributed by atoms with Crippen molar-refractivity contribution in [3.8, 4) is 0 Å². The topological polar surface area (TPSA) is 37.8 Å². The lowest BCUT2D eigenvalue weighted by molar-refractivity contribution is 0.551.